The standard InChI is InChI=1S/C26H43N5O2/c1-4-15-30(16-5-2)17-7-8-18-31(22-26(32)33-6-3)21-24-11-9-23(10-12-24)19-27-20-25-28-13-14-29-25/h9-14,27H,4-8,15-22H2,1-3H3,(H,28,29). The highest BCUT2D eigenvalue weighted by molar-refractivity contribution is 5.71. The third-order valence-corrected chi connectivity index (χ3v) is 5.54. The summed E-state index contributed by atoms with van der Waals surface area (Å²) in [4.78, 5) is 24.2. The second kappa shape index (κ2) is 16.4. The number of carbonyl (C=O) groups excluding carboxylic acids is 1. The predicted molar refractivity (Wildman–Crippen MR) is 134 cm³/mol. The van der Waals surface area contributed by atoms with Gasteiger partial charge in [0.25, 0.3) is 0 Å². The quantitative estimate of drug-likeness (QED) is 0.261. The van der Waals surface area contributed by atoms with Gasteiger partial charge in [0.1, 0.15) is 5.82 Å². The Labute approximate surface area is 199 Å². The first kappa shape index (κ1) is 27.0. The Kier molecular flexibility index (Phi) is 13.4. The molecule has 0 unspecified atom stereocenters. The molecular weight excluding hydrogens is 414 g/mol. The number of hydrogen-bond acceptors (Lipinski definition) is 6. The van der Waals surface area contributed by atoms with Crippen LogP contribution in [0.25, 0.3) is 0 Å². The van der Waals surface area contributed by atoms with Gasteiger partial charge in [-0.1, -0.05) is 38.1 Å². The van der Waals surface area contributed by atoms with Gasteiger partial charge < -0.3 is 19.9 Å². The Balaban J connectivity index is 1.82. The summed E-state index contributed by atoms with van der Waals surface area (Å²) in [5, 5.41) is 3.40. The Morgan fingerprint density at radius 2 is 1.61 bits per heavy atom. The topological polar surface area (TPSA) is 73.5 Å². The first-order valence-electron chi connectivity index (χ1n) is 12.5. The predicted octanol–water partition coefficient (Wildman–Crippen LogP) is 3.97. The molecule has 1 aromatic heterocycles. The van der Waals surface area contributed by atoms with Gasteiger partial charge in [-0.05, 0) is 69.9 Å². The van der Waals surface area contributed by atoms with E-state index in [4.69, 9.17) is 4.74 Å². The summed E-state index contributed by atoms with van der Waals surface area (Å²) in [5.41, 5.74) is 2.45. The summed E-state index contributed by atoms with van der Waals surface area (Å²) in [5.74, 6) is 0.795. The lowest BCUT2D eigenvalue weighted by Gasteiger charge is -2.24. The molecule has 0 bridgehead atoms. The van der Waals surface area contributed by atoms with Gasteiger partial charge in [0.2, 0.25) is 0 Å². The Morgan fingerprint density at radius 3 is 2.21 bits per heavy atom. The molecule has 0 aliphatic rings. The molecule has 0 fully saturated rings. The molecule has 0 radical (unpaired) electrons. The summed E-state index contributed by atoms with van der Waals surface area (Å²) < 4.78 is 5.21. The van der Waals surface area contributed by atoms with E-state index in [1.54, 1.807) is 6.20 Å². The number of hydrogen-bond donors (Lipinski definition) is 2. The fourth-order valence-electron chi connectivity index (χ4n) is 3.98. The number of aromatic nitrogens is 2. The van der Waals surface area contributed by atoms with Crippen molar-refractivity contribution in [2.45, 2.75) is 66.1 Å². The maximum absolute atomic E-state index is 12.1. The molecule has 0 saturated carbocycles. The fraction of sp³-hybridized carbons (Fsp3) is 0.615. The molecule has 0 aliphatic heterocycles. The van der Waals surface area contributed by atoms with E-state index in [2.05, 4.69) is 63.2 Å². The first-order chi connectivity index (χ1) is 16.1. The molecule has 0 saturated heterocycles. The van der Waals surface area contributed by atoms with Crippen LogP contribution in [0.15, 0.2) is 36.7 Å². The van der Waals surface area contributed by atoms with Crippen LogP contribution in [0, 0.1) is 0 Å². The number of ether oxygens (including phenoxy) is 1. The van der Waals surface area contributed by atoms with E-state index in [-0.39, 0.29) is 5.97 Å². The van der Waals surface area contributed by atoms with Crippen LogP contribution in [-0.2, 0) is 29.2 Å². The lowest BCUT2D eigenvalue weighted by molar-refractivity contribution is -0.144. The third kappa shape index (κ3) is 11.5. The van der Waals surface area contributed by atoms with Crippen molar-refractivity contribution in [2.24, 2.45) is 0 Å². The van der Waals surface area contributed by atoms with Crippen LogP contribution in [0.1, 0.15) is 63.4 Å². The molecule has 33 heavy (non-hydrogen) atoms. The van der Waals surface area contributed by atoms with Crippen LogP contribution in [-0.4, -0.2) is 65.1 Å². The average molecular weight is 458 g/mol. The van der Waals surface area contributed by atoms with Crippen LogP contribution < -0.4 is 5.32 Å². The van der Waals surface area contributed by atoms with Crippen LogP contribution in [0.4, 0.5) is 0 Å². The highest BCUT2D eigenvalue weighted by atomic mass is 16.5. The molecule has 0 spiro atoms. The third-order valence-electron chi connectivity index (χ3n) is 5.54. The molecule has 1 heterocycles. The van der Waals surface area contributed by atoms with Crippen molar-refractivity contribution in [3.63, 3.8) is 0 Å². The zero-order valence-electron chi connectivity index (χ0n) is 20.8. The monoisotopic (exact) mass is 457 g/mol. The minimum absolute atomic E-state index is 0.144. The van der Waals surface area contributed by atoms with E-state index in [9.17, 15) is 4.79 Å². The van der Waals surface area contributed by atoms with Crippen molar-refractivity contribution < 1.29 is 9.53 Å². The number of esters is 1. The van der Waals surface area contributed by atoms with Gasteiger partial charge in [0.15, 0.2) is 0 Å². The van der Waals surface area contributed by atoms with E-state index >= 15 is 0 Å². The van der Waals surface area contributed by atoms with Gasteiger partial charge in [-0.3, -0.25) is 9.69 Å². The summed E-state index contributed by atoms with van der Waals surface area (Å²) in [6.07, 6.45) is 8.23. The zero-order valence-corrected chi connectivity index (χ0v) is 20.8. The van der Waals surface area contributed by atoms with Crippen molar-refractivity contribution in [2.75, 3.05) is 39.3 Å². The van der Waals surface area contributed by atoms with E-state index in [1.807, 2.05) is 13.1 Å². The number of carbonyl (C=O) groups is 1. The molecule has 184 valence electrons. The lowest BCUT2D eigenvalue weighted by Crippen LogP contribution is -2.32. The number of H-pyrrole nitrogens is 1. The van der Waals surface area contributed by atoms with Crippen molar-refractivity contribution in [3.8, 4) is 0 Å². The minimum atomic E-state index is -0.144. The molecule has 0 atom stereocenters. The summed E-state index contributed by atoms with van der Waals surface area (Å²) in [7, 11) is 0. The molecule has 7 nitrogen and oxygen atoms in total. The van der Waals surface area contributed by atoms with Gasteiger partial charge in [0.05, 0.1) is 19.7 Å². The molecule has 7 heteroatoms. The Hall–Kier alpha value is -2.22. The SMILES string of the molecule is CCCN(CCC)CCCCN(CC(=O)OCC)Cc1ccc(CNCc2ncc[nH]2)cc1. The number of rotatable bonds is 18. The maximum atomic E-state index is 12.1. The van der Waals surface area contributed by atoms with Crippen molar-refractivity contribution in [3.05, 3.63) is 53.6 Å². The number of imidazole rings is 1. The Morgan fingerprint density at radius 1 is 0.939 bits per heavy atom. The number of unbranched alkanes of at least 4 members (excludes halogenated alkanes) is 1. The summed E-state index contributed by atoms with van der Waals surface area (Å²) >= 11 is 0. The number of benzene rings is 1. The van der Waals surface area contributed by atoms with Gasteiger partial charge in [-0.15, -0.1) is 0 Å². The van der Waals surface area contributed by atoms with Gasteiger partial charge >= 0.3 is 5.97 Å². The van der Waals surface area contributed by atoms with E-state index in [0.29, 0.717) is 13.2 Å². The van der Waals surface area contributed by atoms with E-state index < -0.39 is 0 Å². The average Bonchev–Trinajstić information content (AvgIpc) is 3.32. The molecule has 0 aliphatic carbocycles. The second-order valence-electron chi connectivity index (χ2n) is 8.52. The molecular formula is C26H43N5O2. The largest absolute Gasteiger partial charge is 0.465 e. The summed E-state index contributed by atoms with van der Waals surface area (Å²) in [6.45, 7) is 13.7. The van der Waals surface area contributed by atoms with Gasteiger partial charge in [-0.2, -0.15) is 0 Å². The smallest absolute Gasteiger partial charge is 0.320 e. The fourth-order valence-corrected chi connectivity index (χ4v) is 3.98. The van der Waals surface area contributed by atoms with Crippen molar-refractivity contribution in [1.29, 1.82) is 0 Å². The highest BCUT2D eigenvalue weighted by Crippen LogP contribution is 2.10. The first-order valence-corrected chi connectivity index (χ1v) is 12.5. The van der Waals surface area contributed by atoms with Crippen LogP contribution in [0.2, 0.25) is 0 Å². The lowest BCUT2D eigenvalue weighted by atomic mass is 10.1. The second-order valence-corrected chi connectivity index (χ2v) is 8.52. The number of nitrogens with one attached hydrogen (secondary N) is 2. The number of nitrogens with zero attached hydrogens (tertiary/aromatic N) is 3. The van der Waals surface area contributed by atoms with Crippen LogP contribution in [0.5, 0.6) is 0 Å². The maximum Gasteiger partial charge on any atom is 0.320 e. The zero-order chi connectivity index (χ0) is 23.7. The van der Waals surface area contributed by atoms with Crippen LogP contribution >= 0.6 is 0 Å². The molecule has 2 N–H and O–H groups in total. The van der Waals surface area contributed by atoms with Crippen LogP contribution in [0.3, 0.4) is 0 Å². The van der Waals surface area contributed by atoms with Gasteiger partial charge in [-0.25, -0.2) is 4.98 Å². The minimum Gasteiger partial charge on any atom is -0.465 e. The molecule has 0 amide bonds. The Bertz CT molecular complexity index is 743. The van der Waals surface area contributed by atoms with Gasteiger partial charge in [0, 0.05) is 25.5 Å². The number of aromatic amines is 1. The van der Waals surface area contributed by atoms with Crippen molar-refractivity contribution >= 4 is 5.97 Å². The summed E-state index contributed by atoms with van der Waals surface area (Å²) in [6, 6.07) is 8.62. The molecule has 1 aromatic carbocycles. The molecule has 2 rings (SSSR count). The normalized spacial score (nSPS) is 11.4. The highest BCUT2D eigenvalue weighted by Gasteiger charge is 2.13. The molecule has 2 aromatic rings. The van der Waals surface area contributed by atoms with Crippen molar-refractivity contribution in [1.82, 2.24) is 25.1 Å². The van der Waals surface area contributed by atoms with E-state index in [1.165, 1.54) is 37.1 Å². The van der Waals surface area contributed by atoms with E-state index in [0.717, 1.165) is 51.4 Å².